The van der Waals surface area contributed by atoms with Gasteiger partial charge in [-0.25, -0.2) is 5.01 Å². The first kappa shape index (κ1) is 23.5. The number of benzene rings is 3. The quantitative estimate of drug-likeness (QED) is 0.276. The van der Waals surface area contributed by atoms with Crippen molar-refractivity contribution in [2.75, 3.05) is 0 Å². The highest BCUT2D eigenvalue weighted by Crippen LogP contribution is 2.52. The number of fused-ring (bicyclic) bond motifs is 4. The number of carbonyl (C=O) groups is 1. The van der Waals surface area contributed by atoms with Crippen LogP contribution in [0.15, 0.2) is 99.4 Å². The first-order valence-electron chi connectivity index (χ1n) is 12.0. The van der Waals surface area contributed by atoms with Gasteiger partial charge in [-0.2, -0.15) is 5.10 Å². The Morgan fingerprint density at radius 2 is 1.74 bits per heavy atom. The van der Waals surface area contributed by atoms with E-state index in [0.29, 0.717) is 44.2 Å². The molecule has 3 aliphatic rings. The average Bonchev–Trinajstić information content (AvgIpc) is 3.64. The van der Waals surface area contributed by atoms with Crippen LogP contribution in [-0.4, -0.2) is 21.8 Å². The molecule has 4 heterocycles. The molecule has 4 aromatic rings. The number of halogens is 2. The highest BCUT2D eigenvalue weighted by atomic mass is 35.5. The number of para-hydroxylation sites is 1. The van der Waals surface area contributed by atoms with Crippen molar-refractivity contribution in [3.63, 3.8) is 0 Å². The first-order chi connectivity index (χ1) is 18.5. The molecule has 1 amide bonds. The number of thioether (sulfide) groups is 1. The van der Waals surface area contributed by atoms with Gasteiger partial charge >= 0.3 is 5.85 Å². The molecule has 2 unspecified atom stereocenters. The van der Waals surface area contributed by atoms with Gasteiger partial charge in [-0.3, -0.25) is 10.1 Å². The van der Waals surface area contributed by atoms with E-state index in [1.807, 2.05) is 71.7 Å². The van der Waals surface area contributed by atoms with Gasteiger partial charge in [-0.1, -0.05) is 77.8 Å². The Kier molecular flexibility index (Phi) is 5.54. The minimum atomic E-state index is -1.31. The van der Waals surface area contributed by atoms with E-state index in [1.165, 1.54) is 0 Å². The van der Waals surface area contributed by atoms with Crippen molar-refractivity contribution in [3.05, 3.63) is 117 Å². The monoisotopic (exact) mass is 559 g/mol. The van der Waals surface area contributed by atoms with E-state index < -0.39 is 5.85 Å². The molecule has 3 aromatic carbocycles. The number of carbonyl (C=O) groups excluding carboxylic acids is 1. The average molecular weight is 560 g/mol. The van der Waals surface area contributed by atoms with Crippen molar-refractivity contribution in [3.8, 4) is 17.1 Å². The van der Waals surface area contributed by atoms with Crippen LogP contribution in [0, 0.1) is 0 Å². The van der Waals surface area contributed by atoms with Gasteiger partial charge in [0.2, 0.25) is 0 Å². The fourth-order valence-electron chi connectivity index (χ4n) is 5.10. The summed E-state index contributed by atoms with van der Waals surface area (Å²) in [6.07, 6.45) is 2.48. The van der Waals surface area contributed by atoms with Crippen molar-refractivity contribution < 1.29 is 13.9 Å². The van der Waals surface area contributed by atoms with Crippen molar-refractivity contribution in [1.82, 2.24) is 10.3 Å². The third kappa shape index (κ3) is 3.73. The molecule has 2 atom stereocenters. The van der Waals surface area contributed by atoms with Gasteiger partial charge in [0.1, 0.15) is 17.3 Å². The lowest BCUT2D eigenvalue weighted by Crippen LogP contribution is -2.61. The summed E-state index contributed by atoms with van der Waals surface area (Å²) in [6.45, 7) is 0. The molecule has 38 heavy (non-hydrogen) atoms. The van der Waals surface area contributed by atoms with Crippen LogP contribution in [0.25, 0.3) is 17.4 Å². The number of hydrogen-bond donors (Lipinski definition) is 1. The van der Waals surface area contributed by atoms with E-state index in [9.17, 15) is 4.79 Å². The van der Waals surface area contributed by atoms with Crippen LogP contribution >= 0.6 is 35.0 Å². The number of hydrogen-bond acceptors (Lipinski definition) is 6. The first-order valence-corrected chi connectivity index (χ1v) is 13.6. The highest BCUT2D eigenvalue weighted by Gasteiger charge is 2.58. The second-order valence-corrected chi connectivity index (χ2v) is 10.9. The van der Waals surface area contributed by atoms with Crippen LogP contribution in [0.5, 0.6) is 5.75 Å². The second kappa shape index (κ2) is 8.98. The molecule has 1 N–H and O–H groups in total. The predicted molar refractivity (Wildman–Crippen MR) is 150 cm³/mol. The van der Waals surface area contributed by atoms with E-state index in [4.69, 9.17) is 37.5 Å². The highest BCUT2D eigenvalue weighted by molar-refractivity contribution is 8.17. The molecule has 6 nitrogen and oxygen atoms in total. The number of hydrazone groups is 1. The summed E-state index contributed by atoms with van der Waals surface area (Å²) < 4.78 is 12.7. The van der Waals surface area contributed by atoms with Crippen LogP contribution in [0.1, 0.15) is 29.3 Å². The fraction of sp³-hybridized carbons (Fsp3) is 0.103. The Balaban J connectivity index is 1.34. The topological polar surface area (TPSA) is 67.1 Å². The van der Waals surface area contributed by atoms with Crippen LogP contribution in [0.3, 0.4) is 0 Å². The van der Waals surface area contributed by atoms with Gasteiger partial charge in [0.25, 0.3) is 5.24 Å². The molecule has 1 fully saturated rings. The van der Waals surface area contributed by atoms with E-state index in [-0.39, 0.29) is 11.3 Å². The largest absolute Gasteiger partial charge is 0.457 e. The maximum atomic E-state index is 12.9. The normalized spacial score (nSPS) is 22.7. The minimum Gasteiger partial charge on any atom is -0.457 e. The van der Waals surface area contributed by atoms with Crippen molar-refractivity contribution in [2.45, 2.75) is 18.3 Å². The zero-order valence-corrected chi connectivity index (χ0v) is 22.1. The molecule has 1 aromatic heterocycles. The number of amides is 1. The third-order valence-electron chi connectivity index (χ3n) is 6.79. The Morgan fingerprint density at radius 3 is 2.55 bits per heavy atom. The molecule has 9 heteroatoms. The van der Waals surface area contributed by atoms with Crippen LogP contribution in [0.2, 0.25) is 10.0 Å². The summed E-state index contributed by atoms with van der Waals surface area (Å²) in [5, 5.41) is 10.7. The molecular formula is C29H19Cl2N3O3S. The number of ether oxygens (including phenoxy) is 1. The molecule has 188 valence electrons. The molecule has 0 saturated carbocycles. The third-order valence-corrected chi connectivity index (χ3v) is 8.32. The van der Waals surface area contributed by atoms with Crippen molar-refractivity contribution >= 4 is 52.0 Å². The molecule has 0 bridgehead atoms. The SMILES string of the molecule is O=C1NC2(Oc3ccccc3C3CC(c4ccccc4)=NN32)C(=Cc2ccc(-c3c(Cl)cccc3Cl)o2)S1. The van der Waals surface area contributed by atoms with E-state index in [0.717, 1.165) is 28.6 Å². The van der Waals surface area contributed by atoms with Gasteiger partial charge in [-0.05, 0) is 53.7 Å². The van der Waals surface area contributed by atoms with E-state index in [1.54, 1.807) is 24.3 Å². The molecule has 7 rings (SSSR count). The van der Waals surface area contributed by atoms with Gasteiger partial charge in [-0.15, -0.1) is 0 Å². The Labute approximate surface area is 232 Å². The lowest BCUT2D eigenvalue weighted by molar-refractivity contribution is -0.0949. The number of nitrogens with zero attached hydrogens (tertiary/aromatic N) is 2. The van der Waals surface area contributed by atoms with Gasteiger partial charge in [0.15, 0.2) is 0 Å². The zero-order chi connectivity index (χ0) is 25.9. The van der Waals surface area contributed by atoms with Gasteiger partial charge < -0.3 is 9.15 Å². The summed E-state index contributed by atoms with van der Waals surface area (Å²) in [7, 11) is 0. The standard InChI is InChI=1S/C29H19Cl2N3O3S/c30-20-10-6-11-21(31)27(20)25-14-13-18(36-25)15-26-29(32-28(35)38-26)34-23(19-9-4-5-12-24(19)37-29)16-22(33-34)17-7-2-1-3-8-17/h1-15,23H,16H2,(H,32,35). The molecular weight excluding hydrogens is 541 g/mol. The van der Waals surface area contributed by atoms with Gasteiger partial charge in [0.05, 0.1) is 32.3 Å². The number of nitrogens with one attached hydrogen (secondary N) is 1. The lowest BCUT2D eigenvalue weighted by atomic mass is 9.96. The number of furan rings is 1. The molecule has 3 aliphatic heterocycles. The summed E-state index contributed by atoms with van der Waals surface area (Å²) in [5.74, 6) is 0.448. The lowest BCUT2D eigenvalue weighted by Gasteiger charge is -2.44. The summed E-state index contributed by atoms with van der Waals surface area (Å²) in [6, 6.07) is 26.7. The maximum absolute atomic E-state index is 12.9. The van der Waals surface area contributed by atoms with E-state index >= 15 is 0 Å². The Bertz CT molecular complexity index is 1630. The Morgan fingerprint density at radius 1 is 0.974 bits per heavy atom. The van der Waals surface area contributed by atoms with Crippen LogP contribution in [0.4, 0.5) is 4.79 Å². The Hall–Kier alpha value is -3.65. The predicted octanol–water partition coefficient (Wildman–Crippen LogP) is 7.95. The van der Waals surface area contributed by atoms with Gasteiger partial charge in [0, 0.05) is 12.0 Å². The summed E-state index contributed by atoms with van der Waals surface area (Å²) in [5.41, 5.74) is 3.59. The summed E-state index contributed by atoms with van der Waals surface area (Å²) in [4.78, 5) is 13.5. The fourth-order valence-corrected chi connectivity index (χ4v) is 6.57. The molecule has 1 saturated heterocycles. The maximum Gasteiger partial charge on any atom is 0.314 e. The smallest absolute Gasteiger partial charge is 0.314 e. The van der Waals surface area contributed by atoms with Crippen molar-refractivity contribution in [2.24, 2.45) is 5.10 Å². The van der Waals surface area contributed by atoms with E-state index in [2.05, 4.69) is 5.32 Å². The van der Waals surface area contributed by atoms with Crippen LogP contribution in [-0.2, 0) is 0 Å². The minimum absolute atomic E-state index is 0.119. The molecule has 0 radical (unpaired) electrons. The molecule has 0 aliphatic carbocycles. The van der Waals surface area contributed by atoms with Crippen LogP contribution < -0.4 is 10.1 Å². The second-order valence-electron chi connectivity index (χ2n) is 9.08. The zero-order valence-electron chi connectivity index (χ0n) is 19.7. The summed E-state index contributed by atoms with van der Waals surface area (Å²) >= 11 is 13.8. The molecule has 1 spiro atoms. The number of rotatable bonds is 3. The van der Waals surface area contributed by atoms with Crippen molar-refractivity contribution in [1.29, 1.82) is 0 Å².